The quantitative estimate of drug-likeness (QED) is 0.0261. The Morgan fingerprint density at radius 2 is 0.826 bits per heavy atom. The molecule has 7 atom stereocenters. The molecule has 0 radical (unpaired) electrons. The second kappa shape index (κ2) is 50.0. The van der Waals surface area contributed by atoms with Crippen molar-refractivity contribution in [3.63, 3.8) is 0 Å². The van der Waals surface area contributed by atoms with Crippen molar-refractivity contribution in [2.24, 2.45) is 0 Å². The molecule has 0 aromatic carbocycles. The van der Waals surface area contributed by atoms with E-state index in [4.69, 9.17) is 9.47 Å². The summed E-state index contributed by atoms with van der Waals surface area (Å²) in [4.78, 5) is 13.0. The number of aliphatic hydroxyl groups excluding tert-OH is 5. The molecule has 7 unspecified atom stereocenters. The van der Waals surface area contributed by atoms with Gasteiger partial charge in [0.05, 0.1) is 25.4 Å². The molecule has 0 aromatic rings. The van der Waals surface area contributed by atoms with E-state index in [1.807, 2.05) is 6.08 Å². The maximum Gasteiger partial charge on any atom is 0.220 e. The zero-order valence-corrected chi connectivity index (χ0v) is 45.1. The van der Waals surface area contributed by atoms with Crippen LogP contribution in [0.2, 0.25) is 0 Å². The van der Waals surface area contributed by atoms with E-state index in [-0.39, 0.29) is 12.5 Å². The molecule has 9 nitrogen and oxygen atoms in total. The number of nitrogens with one attached hydrogen (secondary N) is 1. The smallest absolute Gasteiger partial charge is 0.220 e. The van der Waals surface area contributed by atoms with Gasteiger partial charge in [0.2, 0.25) is 5.91 Å². The topological polar surface area (TPSA) is 149 Å². The van der Waals surface area contributed by atoms with Crippen molar-refractivity contribution in [3.8, 4) is 0 Å². The molecule has 0 saturated carbocycles. The third kappa shape index (κ3) is 39.6. The van der Waals surface area contributed by atoms with Gasteiger partial charge in [0.15, 0.2) is 6.29 Å². The lowest BCUT2D eigenvalue weighted by molar-refractivity contribution is -0.302. The van der Waals surface area contributed by atoms with Gasteiger partial charge in [0.25, 0.3) is 0 Å². The third-order valence-corrected chi connectivity index (χ3v) is 14.2. The van der Waals surface area contributed by atoms with Crippen LogP contribution in [-0.2, 0) is 14.3 Å². The first-order valence-electron chi connectivity index (χ1n) is 29.7. The van der Waals surface area contributed by atoms with E-state index in [2.05, 4.69) is 43.5 Å². The van der Waals surface area contributed by atoms with Crippen molar-refractivity contribution < 1.29 is 39.8 Å². The third-order valence-electron chi connectivity index (χ3n) is 14.2. The van der Waals surface area contributed by atoms with E-state index in [0.717, 1.165) is 57.8 Å². The summed E-state index contributed by atoms with van der Waals surface area (Å²) in [6, 6.07) is -0.826. The van der Waals surface area contributed by atoms with Crippen molar-refractivity contribution in [3.05, 3.63) is 36.5 Å². The molecule has 0 aliphatic carbocycles. The molecule has 0 bridgehead atoms. The predicted octanol–water partition coefficient (Wildman–Crippen LogP) is 14.7. The lowest BCUT2D eigenvalue weighted by Gasteiger charge is -2.40. The summed E-state index contributed by atoms with van der Waals surface area (Å²) in [6.45, 7) is 3.78. The van der Waals surface area contributed by atoms with Crippen molar-refractivity contribution >= 4 is 5.91 Å². The molecule has 9 heteroatoms. The summed E-state index contributed by atoms with van der Waals surface area (Å²) >= 11 is 0. The fourth-order valence-electron chi connectivity index (χ4n) is 9.46. The number of rotatable bonds is 51. The van der Waals surface area contributed by atoms with E-state index in [0.29, 0.717) is 6.42 Å². The Morgan fingerprint density at radius 1 is 0.478 bits per heavy atom. The van der Waals surface area contributed by atoms with Crippen LogP contribution in [0, 0.1) is 0 Å². The van der Waals surface area contributed by atoms with Gasteiger partial charge in [-0.25, -0.2) is 0 Å². The maximum atomic E-state index is 13.0. The van der Waals surface area contributed by atoms with Crippen LogP contribution in [-0.4, -0.2) is 87.5 Å². The molecule has 69 heavy (non-hydrogen) atoms. The summed E-state index contributed by atoms with van der Waals surface area (Å²) in [5.41, 5.74) is 0. The molecule has 1 amide bonds. The van der Waals surface area contributed by atoms with Crippen LogP contribution < -0.4 is 5.32 Å². The average Bonchev–Trinajstić information content (AvgIpc) is 3.35. The van der Waals surface area contributed by atoms with Gasteiger partial charge in [0.1, 0.15) is 24.4 Å². The molecule has 1 aliphatic heterocycles. The number of unbranched alkanes of at least 4 members (excludes halogenated alkanes) is 37. The van der Waals surface area contributed by atoms with Crippen molar-refractivity contribution in [1.82, 2.24) is 5.32 Å². The van der Waals surface area contributed by atoms with Crippen LogP contribution in [0.15, 0.2) is 36.5 Å². The lowest BCUT2D eigenvalue weighted by atomic mass is 9.99. The summed E-state index contributed by atoms with van der Waals surface area (Å²) in [5.74, 6) is -0.193. The summed E-state index contributed by atoms with van der Waals surface area (Å²) in [5, 5.41) is 54.5. The fraction of sp³-hybridized carbons (Fsp3) is 0.883. The number of ether oxygens (including phenoxy) is 2. The van der Waals surface area contributed by atoms with Crippen molar-refractivity contribution in [1.29, 1.82) is 0 Å². The minimum atomic E-state index is -1.57. The van der Waals surface area contributed by atoms with E-state index in [1.165, 1.54) is 205 Å². The number of allylic oxidation sites excluding steroid dienone is 5. The Balaban J connectivity index is 2.20. The first-order valence-corrected chi connectivity index (χ1v) is 29.7. The number of amides is 1. The minimum absolute atomic E-state index is 0.193. The molecule has 1 fully saturated rings. The highest BCUT2D eigenvalue weighted by atomic mass is 16.7. The Labute approximate surface area is 425 Å². The fourth-order valence-corrected chi connectivity index (χ4v) is 9.46. The SMILES string of the molecule is CCCCCCCCC/C=C\CCCCCCCC(=O)NC(COC1OC(CO)C(O)C(O)C1O)C(O)/C=C/CC/C=C/CCCCCCCCCCCCCCCCCCCCCCCCCC. The molecule has 0 spiro atoms. The van der Waals surface area contributed by atoms with Gasteiger partial charge in [-0.05, 0) is 57.8 Å². The number of aliphatic hydroxyl groups is 5. The molecule has 1 rings (SSSR count). The van der Waals surface area contributed by atoms with Crippen LogP contribution in [0.1, 0.15) is 284 Å². The molecule has 1 heterocycles. The Hall–Kier alpha value is -1.59. The van der Waals surface area contributed by atoms with Gasteiger partial charge in [-0.2, -0.15) is 0 Å². The first kappa shape index (κ1) is 65.4. The van der Waals surface area contributed by atoms with Crippen LogP contribution in [0.5, 0.6) is 0 Å². The monoisotopic (exact) mass is 976 g/mol. The van der Waals surface area contributed by atoms with Gasteiger partial charge in [0, 0.05) is 6.42 Å². The maximum absolute atomic E-state index is 13.0. The van der Waals surface area contributed by atoms with E-state index in [1.54, 1.807) is 6.08 Å². The highest BCUT2D eigenvalue weighted by Crippen LogP contribution is 2.23. The highest BCUT2D eigenvalue weighted by Gasteiger charge is 2.44. The first-order chi connectivity index (χ1) is 33.8. The molecular weight excluding hydrogens is 863 g/mol. The predicted molar refractivity (Wildman–Crippen MR) is 290 cm³/mol. The van der Waals surface area contributed by atoms with E-state index >= 15 is 0 Å². The average molecular weight is 977 g/mol. The summed E-state index contributed by atoms with van der Waals surface area (Å²) < 4.78 is 11.3. The van der Waals surface area contributed by atoms with Gasteiger partial charge < -0.3 is 40.3 Å². The normalized spacial score (nSPS) is 19.7. The number of hydrogen-bond acceptors (Lipinski definition) is 8. The standard InChI is InChI=1S/C60H113NO8/c1-3-5-7-9-11-13-15-17-19-21-22-23-24-25-26-27-28-29-30-31-32-33-34-35-37-39-41-43-45-47-49-54(63)53(52-68-60-59(67)58(66)57(65)55(51-62)69-60)61-56(64)50-48-46-44-42-40-38-36-20-18-16-14-12-10-8-6-4-2/h20,36,39,41,47,49,53-55,57-60,62-63,65-67H,3-19,21-35,37-38,40,42-46,48,50-52H2,1-2H3,(H,61,64)/b36-20-,41-39+,49-47+. The van der Waals surface area contributed by atoms with E-state index in [9.17, 15) is 30.3 Å². The van der Waals surface area contributed by atoms with Gasteiger partial charge >= 0.3 is 0 Å². The molecule has 1 saturated heterocycles. The second-order valence-electron chi connectivity index (χ2n) is 20.8. The van der Waals surface area contributed by atoms with Gasteiger partial charge in [-0.1, -0.05) is 256 Å². The second-order valence-corrected chi connectivity index (χ2v) is 20.8. The molecule has 0 aromatic heterocycles. The summed E-state index contributed by atoms with van der Waals surface area (Å²) in [6.07, 6.45) is 58.0. The molecule has 406 valence electrons. The molecular formula is C60H113NO8. The minimum Gasteiger partial charge on any atom is -0.394 e. The zero-order valence-electron chi connectivity index (χ0n) is 45.1. The van der Waals surface area contributed by atoms with Gasteiger partial charge in [-0.15, -0.1) is 0 Å². The van der Waals surface area contributed by atoms with E-state index < -0.39 is 49.5 Å². The number of carbonyl (C=O) groups is 1. The zero-order chi connectivity index (χ0) is 50.1. The van der Waals surface area contributed by atoms with Gasteiger partial charge in [-0.3, -0.25) is 4.79 Å². The van der Waals surface area contributed by atoms with Crippen LogP contribution in [0.4, 0.5) is 0 Å². The Kier molecular flexibility index (Phi) is 47.4. The lowest BCUT2D eigenvalue weighted by Crippen LogP contribution is -2.60. The van der Waals surface area contributed by atoms with Crippen LogP contribution in [0.25, 0.3) is 0 Å². The number of hydrogen-bond donors (Lipinski definition) is 6. The Morgan fingerprint density at radius 3 is 1.22 bits per heavy atom. The largest absolute Gasteiger partial charge is 0.394 e. The molecule has 6 N–H and O–H groups in total. The Bertz CT molecular complexity index is 1180. The van der Waals surface area contributed by atoms with Crippen LogP contribution >= 0.6 is 0 Å². The van der Waals surface area contributed by atoms with Crippen molar-refractivity contribution in [2.75, 3.05) is 13.2 Å². The summed E-state index contributed by atoms with van der Waals surface area (Å²) in [7, 11) is 0. The van der Waals surface area contributed by atoms with Crippen LogP contribution in [0.3, 0.4) is 0 Å². The molecule has 1 aliphatic rings. The highest BCUT2D eigenvalue weighted by molar-refractivity contribution is 5.76. The van der Waals surface area contributed by atoms with Crippen molar-refractivity contribution in [2.45, 2.75) is 326 Å². The number of carbonyl (C=O) groups excluding carboxylic acids is 1.